The summed E-state index contributed by atoms with van der Waals surface area (Å²) in [5.41, 5.74) is 4.15. The van der Waals surface area contributed by atoms with Crippen molar-refractivity contribution in [1.29, 1.82) is 0 Å². The summed E-state index contributed by atoms with van der Waals surface area (Å²) in [5.74, 6) is 0.680. The number of H-pyrrole nitrogens is 1. The molecule has 0 fully saturated rings. The van der Waals surface area contributed by atoms with E-state index in [1.54, 1.807) is 0 Å². The second kappa shape index (κ2) is 7.08. The van der Waals surface area contributed by atoms with E-state index in [1.165, 1.54) is 12.1 Å². The van der Waals surface area contributed by atoms with Crippen molar-refractivity contribution in [2.45, 2.75) is 12.7 Å². The van der Waals surface area contributed by atoms with Gasteiger partial charge in [-0.1, -0.05) is 48.5 Å². The fraction of sp³-hybridized carbons (Fsp3) is 0.115. The number of aromatic nitrogens is 3. The van der Waals surface area contributed by atoms with Crippen molar-refractivity contribution in [3.05, 3.63) is 78.4 Å². The summed E-state index contributed by atoms with van der Waals surface area (Å²) in [5, 5.41) is 12.6. The number of aromatic amines is 1. The van der Waals surface area contributed by atoms with E-state index >= 15 is 0 Å². The first-order valence-electron chi connectivity index (χ1n) is 10.6. The van der Waals surface area contributed by atoms with Crippen LogP contribution in [-0.2, 0) is 12.7 Å². The van der Waals surface area contributed by atoms with Crippen LogP contribution in [0.4, 0.5) is 13.2 Å². The molecule has 0 saturated carbocycles. The number of pyridine rings is 1. The number of hydrogen-bond donors (Lipinski definition) is 2. The summed E-state index contributed by atoms with van der Waals surface area (Å²) < 4.78 is 41.7. The Balaban J connectivity index is 1.82. The highest BCUT2D eigenvalue weighted by Crippen LogP contribution is 2.46. The van der Waals surface area contributed by atoms with Gasteiger partial charge in [-0.15, -0.1) is 0 Å². The Morgan fingerprint density at radius 2 is 1.55 bits per heavy atom. The first-order valence-corrected chi connectivity index (χ1v) is 10.6. The number of para-hydroxylation sites is 2. The van der Waals surface area contributed by atoms with E-state index in [1.807, 2.05) is 53.1 Å². The number of rotatable bonds is 3. The molecular weight excluding hydrogens is 427 g/mol. The van der Waals surface area contributed by atoms with E-state index in [9.17, 15) is 18.3 Å². The second-order valence-electron chi connectivity index (χ2n) is 8.05. The Morgan fingerprint density at radius 3 is 2.27 bits per heavy atom. The van der Waals surface area contributed by atoms with Gasteiger partial charge in [-0.25, -0.2) is 4.98 Å². The van der Waals surface area contributed by atoms with Crippen LogP contribution in [-0.4, -0.2) is 26.2 Å². The maximum absolute atomic E-state index is 13.2. The number of benzene rings is 3. The van der Waals surface area contributed by atoms with Crippen LogP contribution in [0.15, 0.2) is 72.8 Å². The highest BCUT2D eigenvalue weighted by Gasteiger charge is 2.31. The average molecular weight is 445 g/mol. The fourth-order valence-electron chi connectivity index (χ4n) is 4.76. The van der Waals surface area contributed by atoms with Crippen molar-refractivity contribution in [1.82, 2.24) is 14.5 Å². The lowest BCUT2D eigenvalue weighted by molar-refractivity contribution is -0.137. The third-order valence-corrected chi connectivity index (χ3v) is 6.16. The lowest BCUT2D eigenvalue weighted by atomic mass is 9.93. The van der Waals surface area contributed by atoms with E-state index in [4.69, 9.17) is 4.98 Å². The molecule has 2 aliphatic heterocycles. The molecule has 1 aromatic heterocycles. The Morgan fingerprint density at radius 1 is 0.848 bits per heavy atom. The zero-order chi connectivity index (χ0) is 22.7. The number of fused-ring (bicyclic) bond motifs is 6. The molecule has 7 heteroatoms. The van der Waals surface area contributed by atoms with Crippen LogP contribution in [0.3, 0.4) is 0 Å². The van der Waals surface area contributed by atoms with Crippen LogP contribution in [0.2, 0.25) is 0 Å². The van der Waals surface area contributed by atoms with Crippen molar-refractivity contribution in [3.8, 4) is 22.5 Å². The standard InChI is InChI=1S/C26H18F3N3O/c27-26(28,29)16-11-9-15(10-12-16)21-22-17-5-1-3-7-19(17)30-24(22)32(13-14-33)25-23(21)18-6-2-4-8-20(18)31-25/h1-12,30,33H,13-14H2. The number of nitrogens with zero attached hydrogens (tertiary/aromatic N) is 2. The molecule has 0 atom stereocenters. The quantitative estimate of drug-likeness (QED) is 0.329. The number of alkyl halides is 3. The highest BCUT2D eigenvalue weighted by atomic mass is 19.4. The van der Waals surface area contributed by atoms with Gasteiger partial charge in [0.15, 0.2) is 0 Å². The molecule has 0 unspecified atom stereocenters. The molecule has 0 amide bonds. The number of hydrogen-bond acceptors (Lipinski definition) is 2. The van der Waals surface area contributed by atoms with E-state index in [0.29, 0.717) is 17.9 Å². The zero-order valence-electron chi connectivity index (χ0n) is 17.3. The van der Waals surface area contributed by atoms with Gasteiger partial charge >= 0.3 is 6.18 Å². The molecule has 3 aromatic carbocycles. The van der Waals surface area contributed by atoms with Gasteiger partial charge in [0.1, 0.15) is 11.5 Å². The van der Waals surface area contributed by atoms with Crippen molar-refractivity contribution < 1.29 is 18.3 Å². The van der Waals surface area contributed by atoms with Crippen LogP contribution in [0.1, 0.15) is 5.56 Å². The third-order valence-electron chi connectivity index (χ3n) is 6.16. The van der Waals surface area contributed by atoms with Crippen LogP contribution in [0.5, 0.6) is 0 Å². The van der Waals surface area contributed by atoms with E-state index < -0.39 is 11.7 Å². The molecule has 6 rings (SSSR count). The minimum absolute atomic E-state index is 0.0763. The third kappa shape index (κ3) is 2.93. The van der Waals surface area contributed by atoms with Crippen LogP contribution < -0.4 is 0 Å². The minimum Gasteiger partial charge on any atom is -0.395 e. The summed E-state index contributed by atoms with van der Waals surface area (Å²) in [6, 6.07) is 20.8. The van der Waals surface area contributed by atoms with Crippen molar-refractivity contribution in [3.63, 3.8) is 0 Å². The van der Waals surface area contributed by atoms with Crippen molar-refractivity contribution in [2.24, 2.45) is 0 Å². The lowest BCUT2D eigenvalue weighted by Gasteiger charge is -2.18. The number of aliphatic hydroxyl groups is 1. The second-order valence-corrected chi connectivity index (χ2v) is 8.05. The van der Waals surface area contributed by atoms with Gasteiger partial charge in [0.25, 0.3) is 0 Å². The Kier molecular flexibility index (Phi) is 4.25. The first kappa shape index (κ1) is 19.8. The van der Waals surface area contributed by atoms with Gasteiger partial charge in [-0.3, -0.25) is 0 Å². The van der Waals surface area contributed by atoms with Crippen molar-refractivity contribution >= 4 is 32.8 Å². The summed E-state index contributed by atoms with van der Waals surface area (Å²) in [4.78, 5) is 8.29. The van der Waals surface area contributed by atoms with Gasteiger partial charge in [0.05, 0.1) is 17.7 Å². The highest BCUT2D eigenvalue weighted by molar-refractivity contribution is 6.20. The van der Waals surface area contributed by atoms with E-state index in [0.717, 1.165) is 56.1 Å². The SMILES string of the molecule is OCCn1c2nc3ccccc3c-2c(-c2ccc(C(F)(F)F)cc2)c2c3ccccc3[nH]c21. The molecule has 4 nitrogen and oxygen atoms in total. The van der Waals surface area contributed by atoms with Gasteiger partial charge < -0.3 is 14.7 Å². The summed E-state index contributed by atoms with van der Waals surface area (Å²) in [6.45, 7) is 0.253. The van der Waals surface area contributed by atoms with Crippen molar-refractivity contribution in [2.75, 3.05) is 6.61 Å². The van der Waals surface area contributed by atoms with Gasteiger partial charge in [-0.2, -0.15) is 13.2 Å². The zero-order valence-corrected chi connectivity index (χ0v) is 17.3. The Bertz CT molecular complexity index is 1600. The van der Waals surface area contributed by atoms with Gasteiger partial charge in [-0.05, 0) is 29.8 Å². The first-order chi connectivity index (χ1) is 16.0. The topological polar surface area (TPSA) is 53.8 Å². The largest absolute Gasteiger partial charge is 0.416 e. The lowest BCUT2D eigenvalue weighted by Crippen LogP contribution is -2.10. The minimum atomic E-state index is -4.40. The molecule has 2 aliphatic rings. The number of halogens is 3. The molecule has 0 bridgehead atoms. The maximum Gasteiger partial charge on any atom is 0.416 e. The molecule has 164 valence electrons. The van der Waals surface area contributed by atoms with E-state index in [-0.39, 0.29) is 6.61 Å². The molecule has 4 aromatic rings. The van der Waals surface area contributed by atoms with Crippen LogP contribution in [0, 0.1) is 0 Å². The predicted molar refractivity (Wildman–Crippen MR) is 123 cm³/mol. The van der Waals surface area contributed by atoms with Crippen LogP contribution >= 0.6 is 0 Å². The summed E-state index contributed by atoms with van der Waals surface area (Å²) in [6.07, 6.45) is -4.40. The summed E-state index contributed by atoms with van der Waals surface area (Å²) >= 11 is 0. The van der Waals surface area contributed by atoms with Crippen LogP contribution in [0.25, 0.3) is 55.4 Å². The smallest absolute Gasteiger partial charge is 0.395 e. The molecule has 33 heavy (non-hydrogen) atoms. The molecule has 3 heterocycles. The average Bonchev–Trinajstić information content (AvgIpc) is 3.38. The Hall–Kier alpha value is -3.84. The molecule has 2 N–H and O–H groups in total. The monoisotopic (exact) mass is 445 g/mol. The number of nitrogens with one attached hydrogen (secondary N) is 1. The predicted octanol–water partition coefficient (Wildman–Crippen LogP) is 6.45. The Labute approximate surface area is 186 Å². The molecule has 0 saturated heterocycles. The number of aliphatic hydroxyl groups excluding tert-OH is 1. The molecule has 0 aliphatic carbocycles. The molecular formula is C26H18F3N3O. The van der Waals surface area contributed by atoms with E-state index in [2.05, 4.69) is 4.98 Å². The van der Waals surface area contributed by atoms with Gasteiger partial charge in [0.2, 0.25) is 0 Å². The summed E-state index contributed by atoms with van der Waals surface area (Å²) in [7, 11) is 0. The molecule has 0 radical (unpaired) electrons. The maximum atomic E-state index is 13.2. The fourth-order valence-corrected chi connectivity index (χ4v) is 4.76. The molecule has 0 spiro atoms. The van der Waals surface area contributed by atoms with Gasteiger partial charge in [0, 0.05) is 39.3 Å². The normalized spacial score (nSPS) is 12.5.